The van der Waals surface area contributed by atoms with Gasteiger partial charge in [0.25, 0.3) is 0 Å². The van der Waals surface area contributed by atoms with Gasteiger partial charge in [0, 0.05) is 0 Å². The summed E-state index contributed by atoms with van der Waals surface area (Å²) in [5.74, 6) is -1.77. The predicted molar refractivity (Wildman–Crippen MR) is 197 cm³/mol. The van der Waals surface area contributed by atoms with E-state index in [4.69, 9.17) is 14.2 Å². The van der Waals surface area contributed by atoms with Gasteiger partial charge in [0.1, 0.15) is 13.2 Å². The first-order valence-electron chi connectivity index (χ1n) is 16.9. The van der Waals surface area contributed by atoms with Crippen molar-refractivity contribution in [1.82, 2.24) is 0 Å². The third-order valence-electron chi connectivity index (χ3n) is 8.40. The van der Waals surface area contributed by atoms with Gasteiger partial charge < -0.3 is 14.2 Å². The maximum Gasteiger partial charge on any atom is 0.338 e. The summed E-state index contributed by atoms with van der Waals surface area (Å²) >= 11 is 0. The molecule has 0 fully saturated rings. The Kier molecular flexibility index (Phi) is 11.8. The van der Waals surface area contributed by atoms with E-state index >= 15 is 0 Å². The van der Waals surface area contributed by atoms with E-state index in [1.165, 1.54) is 11.1 Å². The molecule has 0 heterocycles. The van der Waals surface area contributed by atoms with Crippen molar-refractivity contribution in [1.29, 1.82) is 0 Å². The molecule has 0 N–H and O–H groups in total. The number of rotatable bonds is 14. The van der Waals surface area contributed by atoms with Crippen molar-refractivity contribution < 1.29 is 28.6 Å². The first kappa shape index (κ1) is 34.6. The lowest BCUT2D eigenvalue weighted by atomic mass is 10.0. The SMILES string of the molecule is O=C(OCC(COC(=O)c1ccc(Cc2ccccc2)cc1)OC(=O)c1ccc(Cc2ccccc2)cc1)c1ccc(Cc2ccccc2)cc1. The monoisotopic (exact) mass is 674 g/mol. The minimum atomic E-state index is -1.04. The zero-order valence-electron chi connectivity index (χ0n) is 28.2. The van der Waals surface area contributed by atoms with Crippen LogP contribution in [0.1, 0.15) is 64.5 Å². The van der Waals surface area contributed by atoms with Crippen LogP contribution in [0.5, 0.6) is 0 Å². The second-order valence-electron chi connectivity index (χ2n) is 12.3. The molecule has 0 aromatic heterocycles. The van der Waals surface area contributed by atoms with Crippen LogP contribution in [0.4, 0.5) is 0 Å². The highest BCUT2D eigenvalue weighted by Crippen LogP contribution is 2.16. The topological polar surface area (TPSA) is 78.9 Å². The average Bonchev–Trinajstić information content (AvgIpc) is 3.17. The van der Waals surface area contributed by atoms with Gasteiger partial charge in [-0.3, -0.25) is 0 Å². The standard InChI is InChI=1S/C45H38O6/c46-43(39-22-16-36(17-23-39)28-33-10-4-1-5-11-33)49-31-42(51-45(48)41-26-20-38(21-27-41)30-35-14-8-3-9-15-35)32-50-44(47)40-24-18-37(19-25-40)29-34-12-6-2-7-13-34/h1-27,42H,28-32H2. The Balaban J connectivity index is 1.08. The largest absolute Gasteiger partial charge is 0.458 e. The van der Waals surface area contributed by atoms with Crippen molar-refractivity contribution in [3.05, 3.63) is 214 Å². The summed E-state index contributed by atoms with van der Waals surface area (Å²) in [7, 11) is 0. The number of hydrogen-bond acceptors (Lipinski definition) is 6. The maximum absolute atomic E-state index is 13.2. The highest BCUT2D eigenvalue weighted by molar-refractivity contribution is 5.91. The van der Waals surface area contributed by atoms with E-state index in [1.54, 1.807) is 36.4 Å². The van der Waals surface area contributed by atoms with Gasteiger partial charge in [0.05, 0.1) is 16.7 Å². The van der Waals surface area contributed by atoms with Gasteiger partial charge in [-0.15, -0.1) is 0 Å². The predicted octanol–water partition coefficient (Wildman–Crippen LogP) is 8.70. The third-order valence-corrected chi connectivity index (χ3v) is 8.40. The van der Waals surface area contributed by atoms with Gasteiger partial charge >= 0.3 is 17.9 Å². The Bertz CT molecular complexity index is 1910. The van der Waals surface area contributed by atoms with Crippen molar-refractivity contribution in [2.24, 2.45) is 0 Å². The number of ether oxygens (including phenoxy) is 3. The molecule has 6 heteroatoms. The lowest BCUT2D eigenvalue weighted by Crippen LogP contribution is -2.31. The molecular formula is C45H38O6. The van der Waals surface area contributed by atoms with Crippen LogP contribution in [0.3, 0.4) is 0 Å². The van der Waals surface area contributed by atoms with Gasteiger partial charge in [0.15, 0.2) is 6.10 Å². The summed E-state index contributed by atoms with van der Waals surface area (Å²) in [6, 6.07) is 51.7. The first-order valence-corrected chi connectivity index (χ1v) is 16.9. The zero-order chi connectivity index (χ0) is 35.3. The summed E-state index contributed by atoms with van der Waals surface area (Å²) in [6.45, 7) is -0.600. The zero-order valence-corrected chi connectivity index (χ0v) is 28.2. The number of carbonyl (C=O) groups excluding carboxylic acids is 3. The second kappa shape index (κ2) is 17.4. The molecule has 0 bridgehead atoms. The van der Waals surface area contributed by atoms with Gasteiger partial charge in [-0.05, 0) is 89.0 Å². The summed E-state index contributed by atoms with van der Waals surface area (Å²) in [5.41, 5.74) is 7.70. The molecule has 6 rings (SSSR count). The van der Waals surface area contributed by atoms with E-state index in [1.807, 2.05) is 103 Å². The molecule has 0 aliphatic rings. The Morgan fingerprint density at radius 2 is 0.627 bits per heavy atom. The van der Waals surface area contributed by atoms with Crippen LogP contribution in [0.15, 0.2) is 164 Å². The van der Waals surface area contributed by atoms with Gasteiger partial charge in [-0.25, -0.2) is 14.4 Å². The quantitative estimate of drug-likeness (QED) is 0.0850. The third kappa shape index (κ3) is 10.4. The smallest absolute Gasteiger partial charge is 0.338 e. The van der Waals surface area contributed by atoms with E-state index in [0.29, 0.717) is 16.7 Å². The number of hydrogen-bond donors (Lipinski definition) is 0. The molecule has 0 radical (unpaired) electrons. The molecule has 6 aromatic carbocycles. The molecule has 0 spiro atoms. The van der Waals surface area contributed by atoms with Gasteiger partial charge in [-0.1, -0.05) is 127 Å². The second-order valence-corrected chi connectivity index (χ2v) is 12.3. The Labute approximate surface area is 298 Å². The van der Waals surface area contributed by atoms with Crippen molar-refractivity contribution >= 4 is 17.9 Å². The van der Waals surface area contributed by atoms with E-state index in [-0.39, 0.29) is 13.2 Å². The molecule has 254 valence electrons. The highest BCUT2D eigenvalue weighted by Gasteiger charge is 2.22. The number of carbonyl (C=O) groups is 3. The van der Waals surface area contributed by atoms with Crippen molar-refractivity contribution in [3.63, 3.8) is 0 Å². The highest BCUT2D eigenvalue weighted by atomic mass is 16.6. The summed E-state index contributed by atoms with van der Waals surface area (Å²) < 4.78 is 16.9. The summed E-state index contributed by atoms with van der Waals surface area (Å²) in [4.78, 5) is 39.3. The van der Waals surface area contributed by atoms with Crippen molar-refractivity contribution in [2.45, 2.75) is 25.4 Å². The molecule has 0 saturated heterocycles. The Morgan fingerprint density at radius 3 is 0.941 bits per heavy atom. The Hall–Kier alpha value is -6.27. The van der Waals surface area contributed by atoms with Crippen LogP contribution in [0.2, 0.25) is 0 Å². The van der Waals surface area contributed by atoms with Crippen LogP contribution in [0.25, 0.3) is 0 Å². The van der Waals surface area contributed by atoms with Crippen LogP contribution in [-0.2, 0) is 33.5 Å². The number of benzene rings is 6. The fourth-order valence-corrected chi connectivity index (χ4v) is 5.61. The minimum absolute atomic E-state index is 0.300. The van der Waals surface area contributed by atoms with E-state index in [2.05, 4.69) is 24.3 Å². The Morgan fingerprint density at radius 1 is 0.353 bits per heavy atom. The normalized spacial score (nSPS) is 10.8. The molecule has 0 aliphatic carbocycles. The molecule has 0 atom stereocenters. The number of esters is 3. The lowest BCUT2D eigenvalue weighted by molar-refractivity contribution is -0.0253. The van der Waals surface area contributed by atoms with Crippen LogP contribution in [-0.4, -0.2) is 37.2 Å². The van der Waals surface area contributed by atoms with Gasteiger partial charge in [-0.2, -0.15) is 0 Å². The van der Waals surface area contributed by atoms with E-state index < -0.39 is 24.0 Å². The lowest BCUT2D eigenvalue weighted by Gasteiger charge is -2.18. The molecule has 6 nitrogen and oxygen atoms in total. The molecule has 0 aliphatic heterocycles. The molecule has 6 aromatic rings. The fraction of sp³-hybridized carbons (Fsp3) is 0.133. The van der Waals surface area contributed by atoms with Gasteiger partial charge in [0.2, 0.25) is 0 Å². The van der Waals surface area contributed by atoms with Crippen molar-refractivity contribution in [2.75, 3.05) is 13.2 Å². The fourth-order valence-electron chi connectivity index (χ4n) is 5.61. The average molecular weight is 675 g/mol. The summed E-state index contributed by atoms with van der Waals surface area (Å²) in [6.07, 6.45) is 1.17. The first-order chi connectivity index (χ1) is 25.0. The van der Waals surface area contributed by atoms with E-state index in [9.17, 15) is 14.4 Å². The van der Waals surface area contributed by atoms with Crippen LogP contribution >= 0.6 is 0 Å². The van der Waals surface area contributed by atoms with Crippen LogP contribution < -0.4 is 0 Å². The molecule has 0 amide bonds. The molecular weight excluding hydrogens is 636 g/mol. The van der Waals surface area contributed by atoms with Crippen LogP contribution in [0, 0.1) is 0 Å². The summed E-state index contributed by atoms with van der Waals surface area (Å²) in [5, 5.41) is 0. The molecule has 0 unspecified atom stereocenters. The molecule has 0 saturated carbocycles. The van der Waals surface area contributed by atoms with Crippen molar-refractivity contribution in [3.8, 4) is 0 Å². The maximum atomic E-state index is 13.2. The minimum Gasteiger partial charge on any atom is -0.458 e. The van der Waals surface area contributed by atoms with E-state index in [0.717, 1.165) is 41.5 Å². The molecule has 51 heavy (non-hydrogen) atoms.